The van der Waals surface area contributed by atoms with E-state index in [0.29, 0.717) is 6.04 Å². The Bertz CT molecular complexity index is 275. The van der Waals surface area contributed by atoms with Gasteiger partial charge in [-0.2, -0.15) is 0 Å². The van der Waals surface area contributed by atoms with Crippen molar-refractivity contribution in [2.75, 3.05) is 13.7 Å². The molecule has 2 heteroatoms. The average Bonchev–Trinajstić information content (AvgIpc) is 2.30. The van der Waals surface area contributed by atoms with Gasteiger partial charge >= 0.3 is 0 Å². The Balaban J connectivity index is 2.07. The van der Waals surface area contributed by atoms with Crippen molar-refractivity contribution in [1.82, 2.24) is 0 Å². The summed E-state index contributed by atoms with van der Waals surface area (Å²) in [6.45, 7) is 1.27. The smallest absolute Gasteiger partial charge is 0.118 e. The molecule has 0 saturated carbocycles. The summed E-state index contributed by atoms with van der Waals surface area (Å²) in [5.74, 6) is 0.949. The van der Waals surface area contributed by atoms with Crippen molar-refractivity contribution < 1.29 is 10.1 Å². The quantitative estimate of drug-likeness (QED) is 0.754. The van der Waals surface area contributed by atoms with E-state index in [1.807, 2.05) is 0 Å². The topological polar surface area (TPSA) is 25.8 Å². The van der Waals surface area contributed by atoms with Crippen LogP contribution in [0.1, 0.15) is 30.9 Å². The molecule has 0 aromatic heterocycles. The van der Waals surface area contributed by atoms with Crippen molar-refractivity contribution in [3.05, 3.63) is 29.8 Å². The Labute approximate surface area is 85.3 Å². The summed E-state index contributed by atoms with van der Waals surface area (Å²) in [7, 11) is 1.71. The zero-order chi connectivity index (χ0) is 9.80. The van der Waals surface area contributed by atoms with Crippen molar-refractivity contribution in [3.63, 3.8) is 0 Å². The summed E-state index contributed by atoms with van der Waals surface area (Å²) in [6.07, 6.45) is 4.05. The van der Waals surface area contributed by atoms with E-state index in [1.165, 1.54) is 31.4 Å². The highest BCUT2D eigenvalue weighted by atomic mass is 16.5. The fourth-order valence-corrected chi connectivity index (χ4v) is 2.10. The summed E-state index contributed by atoms with van der Waals surface area (Å²) in [4.78, 5) is 0. The molecule has 1 aliphatic heterocycles. The molecule has 1 aromatic rings. The van der Waals surface area contributed by atoms with Crippen LogP contribution < -0.4 is 10.1 Å². The van der Waals surface area contributed by atoms with E-state index in [4.69, 9.17) is 4.74 Å². The molecular formula is C12H18NO+. The minimum atomic E-state index is 0.676. The van der Waals surface area contributed by atoms with Gasteiger partial charge in [0.25, 0.3) is 0 Å². The van der Waals surface area contributed by atoms with Crippen molar-refractivity contribution >= 4 is 0 Å². The zero-order valence-corrected chi connectivity index (χ0v) is 8.70. The third-order valence-electron chi connectivity index (χ3n) is 2.96. The van der Waals surface area contributed by atoms with Gasteiger partial charge in [-0.3, -0.25) is 0 Å². The molecule has 1 fully saturated rings. The second-order valence-electron chi connectivity index (χ2n) is 3.90. The molecule has 14 heavy (non-hydrogen) atoms. The second-order valence-corrected chi connectivity index (χ2v) is 3.90. The van der Waals surface area contributed by atoms with Gasteiger partial charge in [0.1, 0.15) is 11.8 Å². The first-order valence-electron chi connectivity index (χ1n) is 5.37. The van der Waals surface area contributed by atoms with Crippen LogP contribution >= 0.6 is 0 Å². The number of nitrogens with two attached hydrogens (primary N) is 1. The van der Waals surface area contributed by atoms with Gasteiger partial charge < -0.3 is 10.1 Å². The van der Waals surface area contributed by atoms with Crippen LogP contribution in [0.4, 0.5) is 0 Å². The summed E-state index contributed by atoms with van der Waals surface area (Å²) < 4.78 is 5.15. The standard InChI is InChI=1S/C12H17NO/c1-14-11-7-5-10(6-8-11)12-4-2-3-9-13-12/h5-8,12-13H,2-4,9H2,1H3/p+1/t12-/m0/s1. The molecule has 1 saturated heterocycles. The van der Waals surface area contributed by atoms with Gasteiger partial charge in [0.2, 0.25) is 0 Å². The van der Waals surface area contributed by atoms with Crippen LogP contribution in [0, 0.1) is 0 Å². The van der Waals surface area contributed by atoms with Crippen LogP contribution in [0.3, 0.4) is 0 Å². The van der Waals surface area contributed by atoms with E-state index in [0.717, 1.165) is 5.75 Å². The molecule has 1 aliphatic rings. The highest BCUT2D eigenvalue weighted by molar-refractivity contribution is 5.28. The lowest BCUT2D eigenvalue weighted by molar-refractivity contribution is -0.704. The lowest BCUT2D eigenvalue weighted by atomic mass is 9.98. The van der Waals surface area contributed by atoms with E-state index >= 15 is 0 Å². The van der Waals surface area contributed by atoms with E-state index in [9.17, 15) is 0 Å². The van der Waals surface area contributed by atoms with Crippen LogP contribution in [0.15, 0.2) is 24.3 Å². The predicted molar refractivity (Wildman–Crippen MR) is 56.4 cm³/mol. The van der Waals surface area contributed by atoms with Crippen LogP contribution in [-0.4, -0.2) is 13.7 Å². The monoisotopic (exact) mass is 192 g/mol. The molecule has 0 amide bonds. The highest BCUT2D eigenvalue weighted by Gasteiger charge is 2.17. The summed E-state index contributed by atoms with van der Waals surface area (Å²) in [6, 6.07) is 9.15. The fourth-order valence-electron chi connectivity index (χ4n) is 2.10. The van der Waals surface area contributed by atoms with Gasteiger partial charge in [-0.15, -0.1) is 0 Å². The van der Waals surface area contributed by atoms with Gasteiger partial charge in [-0.05, 0) is 37.1 Å². The molecule has 0 aliphatic carbocycles. The average molecular weight is 192 g/mol. The van der Waals surface area contributed by atoms with E-state index in [2.05, 4.69) is 29.6 Å². The highest BCUT2D eigenvalue weighted by Crippen LogP contribution is 2.20. The Morgan fingerprint density at radius 3 is 2.57 bits per heavy atom. The molecule has 1 heterocycles. The molecule has 2 N–H and O–H groups in total. The van der Waals surface area contributed by atoms with Crippen LogP contribution in [-0.2, 0) is 0 Å². The Kier molecular flexibility index (Phi) is 3.04. The van der Waals surface area contributed by atoms with Crippen molar-refractivity contribution in [3.8, 4) is 5.75 Å². The van der Waals surface area contributed by atoms with E-state index < -0.39 is 0 Å². The van der Waals surface area contributed by atoms with Gasteiger partial charge in [-0.25, -0.2) is 0 Å². The molecule has 2 rings (SSSR count). The van der Waals surface area contributed by atoms with Gasteiger partial charge in [0, 0.05) is 12.0 Å². The lowest BCUT2D eigenvalue weighted by Gasteiger charge is -2.20. The van der Waals surface area contributed by atoms with Gasteiger partial charge in [0.05, 0.1) is 13.7 Å². The molecular weight excluding hydrogens is 174 g/mol. The number of ether oxygens (including phenoxy) is 1. The fraction of sp³-hybridized carbons (Fsp3) is 0.500. The summed E-state index contributed by atoms with van der Waals surface area (Å²) in [5, 5.41) is 2.45. The summed E-state index contributed by atoms with van der Waals surface area (Å²) >= 11 is 0. The Hall–Kier alpha value is -1.02. The van der Waals surface area contributed by atoms with Crippen molar-refractivity contribution in [2.45, 2.75) is 25.3 Å². The number of quaternary nitrogens is 1. The first-order valence-corrected chi connectivity index (χ1v) is 5.37. The lowest BCUT2D eigenvalue weighted by Crippen LogP contribution is -2.86. The second kappa shape index (κ2) is 4.47. The number of hydrogen-bond donors (Lipinski definition) is 1. The maximum atomic E-state index is 5.15. The maximum Gasteiger partial charge on any atom is 0.118 e. The minimum absolute atomic E-state index is 0.676. The minimum Gasteiger partial charge on any atom is -0.497 e. The molecule has 0 radical (unpaired) electrons. The predicted octanol–water partition coefficient (Wildman–Crippen LogP) is 1.48. The van der Waals surface area contributed by atoms with Gasteiger partial charge in [-0.1, -0.05) is 0 Å². The Morgan fingerprint density at radius 2 is 2.00 bits per heavy atom. The number of methoxy groups -OCH3 is 1. The SMILES string of the molecule is COc1ccc([C@@H]2CCCC[NH2+]2)cc1. The van der Waals surface area contributed by atoms with E-state index in [1.54, 1.807) is 7.11 Å². The molecule has 1 atom stereocenters. The van der Waals surface area contributed by atoms with Crippen LogP contribution in [0.5, 0.6) is 5.75 Å². The number of piperidine rings is 1. The van der Waals surface area contributed by atoms with Crippen molar-refractivity contribution in [1.29, 1.82) is 0 Å². The van der Waals surface area contributed by atoms with Crippen LogP contribution in [0.2, 0.25) is 0 Å². The molecule has 2 nitrogen and oxygen atoms in total. The van der Waals surface area contributed by atoms with Crippen LogP contribution in [0.25, 0.3) is 0 Å². The van der Waals surface area contributed by atoms with Gasteiger partial charge in [0.15, 0.2) is 0 Å². The molecule has 76 valence electrons. The molecule has 0 unspecified atom stereocenters. The van der Waals surface area contributed by atoms with Crippen molar-refractivity contribution in [2.24, 2.45) is 0 Å². The number of benzene rings is 1. The maximum absolute atomic E-state index is 5.15. The molecule has 0 spiro atoms. The zero-order valence-electron chi connectivity index (χ0n) is 8.70. The normalized spacial score (nSPS) is 21.9. The Morgan fingerprint density at radius 1 is 1.21 bits per heavy atom. The largest absolute Gasteiger partial charge is 0.497 e. The summed E-state index contributed by atoms with van der Waals surface area (Å²) in [5.41, 5.74) is 1.44. The first-order chi connectivity index (χ1) is 6.90. The van der Waals surface area contributed by atoms with E-state index in [-0.39, 0.29) is 0 Å². The third kappa shape index (κ3) is 2.07. The number of hydrogen-bond acceptors (Lipinski definition) is 1. The molecule has 0 bridgehead atoms. The first kappa shape index (κ1) is 9.53. The number of rotatable bonds is 2. The third-order valence-corrected chi connectivity index (χ3v) is 2.96. The molecule has 1 aromatic carbocycles.